The quantitative estimate of drug-likeness (QED) is 0.475. The lowest BCUT2D eigenvalue weighted by Crippen LogP contribution is -2.50. The Labute approximate surface area is 213 Å². The average molecular weight is 527 g/mol. The molecule has 0 aliphatic carbocycles. The van der Waals surface area contributed by atoms with Gasteiger partial charge in [-0.15, -0.1) is 0 Å². The van der Waals surface area contributed by atoms with Crippen LogP contribution in [0.25, 0.3) is 0 Å². The van der Waals surface area contributed by atoms with Gasteiger partial charge in [-0.3, -0.25) is 14.5 Å². The normalized spacial score (nSPS) is 22.4. The fourth-order valence-corrected chi connectivity index (χ4v) is 4.63. The summed E-state index contributed by atoms with van der Waals surface area (Å²) in [7, 11) is -1.94. The van der Waals surface area contributed by atoms with Gasteiger partial charge >= 0.3 is 0 Å². The van der Waals surface area contributed by atoms with E-state index in [1.54, 1.807) is 30.0 Å². The number of anilines is 1. The molecule has 0 radical (unpaired) electrons. The van der Waals surface area contributed by atoms with E-state index in [-0.39, 0.29) is 43.0 Å². The van der Waals surface area contributed by atoms with Crippen LogP contribution in [0.1, 0.15) is 30.6 Å². The summed E-state index contributed by atoms with van der Waals surface area (Å²) in [5.74, 6) is -0.389. The Balaban J connectivity index is 1.82. The van der Waals surface area contributed by atoms with Gasteiger partial charge < -0.3 is 24.8 Å². The molecule has 0 spiro atoms. The van der Waals surface area contributed by atoms with E-state index in [4.69, 9.17) is 9.47 Å². The monoisotopic (exact) mass is 526 g/mol. The third-order valence-electron chi connectivity index (χ3n) is 6.71. The van der Waals surface area contributed by atoms with Crippen LogP contribution >= 0.6 is 0 Å². The molecule has 12 heteroatoms. The zero-order chi connectivity index (χ0) is 26.5. The van der Waals surface area contributed by atoms with Crippen molar-refractivity contribution in [2.24, 2.45) is 5.92 Å². The van der Waals surface area contributed by atoms with Gasteiger partial charge in [0.25, 0.3) is 5.91 Å². The summed E-state index contributed by atoms with van der Waals surface area (Å²) in [5, 5.41) is 12.6. The average Bonchev–Trinajstić information content (AvgIpc) is 2.84. The topological polar surface area (TPSA) is 129 Å². The van der Waals surface area contributed by atoms with Crippen molar-refractivity contribution in [2.45, 2.75) is 32.4 Å². The highest BCUT2D eigenvalue weighted by Crippen LogP contribution is 2.31. The Morgan fingerprint density at radius 1 is 1.31 bits per heavy atom. The summed E-state index contributed by atoms with van der Waals surface area (Å²) in [4.78, 5) is 29.8. The third kappa shape index (κ3) is 7.39. The summed E-state index contributed by atoms with van der Waals surface area (Å²) in [6, 6.07) is 4.42. The van der Waals surface area contributed by atoms with Gasteiger partial charge in [0.15, 0.2) is 0 Å². The van der Waals surface area contributed by atoms with Crippen molar-refractivity contribution >= 4 is 27.5 Å². The van der Waals surface area contributed by atoms with Crippen molar-refractivity contribution in [1.82, 2.24) is 14.1 Å². The molecule has 2 heterocycles. The zero-order valence-corrected chi connectivity index (χ0v) is 22.3. The summed E-state index contributed by atoms with van der Waals surface area (Å²) in [6.45, 7) is 7.34. The second kappa shape index (κ2) is 12.3. The first-order chi connectivity index (χ1) is 17.0. The molecule has 2 N–H and O–H groups in total. The van der Waals surface area contributed by atoms with E-state index < -0.39 is 22.2 Å². The number of sulfonamides is 1. The molecule has 3 rings (SSSR count). The van der Waals surface area contributed by atoms with Crippen LogP contribution in [0.15, 0.2) is 18.2 Å². The first-order valence-corrected chi connectivity index (χ1v) is 14.1. The molecule has 0 bridgehead atoms. The predicted octanol–water partition coefficient (Wildman–Crippen LogP) is 0.459. The minimum absolute atomic E-state index is 0.106. The molecule has 1 saturated heterocycles. The molecule has 2 aliphatic heterocycles. The van der Waals surface area contributed by atoms with Crippen LogP contribution in [0, 0.1) is 5.92 Å². The number of ether oxygens (including phenoxy) is 2. The van der Waals surface area contributed by atoms with E-state index in [1.807, 2.05) is 6.92 Å². The number of hydrogen-bond donors (Lipinski definition) is 2. The van der Waals surface area contributed by atoms with Crippen molar-refractivity contribution < 1.29 is 32.6 Å². The molecule has 0 saturated carbocycles. The van der Waals surface area contributed by atoms with Crippen LogP contribution < -0.4 is 10.1 Å². The maximum absolute atomic E-state index is 13.5. The Morgan fingerprint density at radius 3 is 2.64 bits per heavy atom. The van der Waals surface area contributed by atoms with E-state index in [2.05, 4.69) is 10.2 Å². The van der Waals surface area contributed by atoms with Gasteiger partial charge in [0.1, 0.15) is 11.9 Å². The molecule has 0 aromatic heterocycles. The molecule has 1 fully saturated rings. The zero-order valence-electron chi connectivity index (χ0n) is 21.5. The number of amides is 2. The van der Waals surface area contributed by atoms with Crippen molar-refractivity contribution in [2.75, 3.05) is 71.2 Å². The van der Waals surface area contributed by atoms with Crippen molar-refractivity contribution in [1.29, 1.82) is 0 Å². The fourth-order valence-electron chi connectivity index (χ4n) is 4.21. The minimum Gasteiger partial charge on any atom is -0.488 e. The van der Waals surface area contributed by atoms with E-state index in [0.29, 0.717) is 37.6 Å². The molecule has 0 unspecified atom stereocenters. The summed E-state index contributed by atoms with van der Waals surface area (Å²) in [5.41, 5.74) is 0.716. The standard InChI is InChI=1S/C24H38N4O7S/c1-17-14-28(18(2)16-29)24(31)20-13-19(25-23(30)7-8-27-9-11-34-12-10-27)5-6-21(20)35-22(17)15-26(3)36(4,32)33/h5-6,13,17-18,22,29H,7-12,14-16H2,1-4H3,(H,25,30)/t17-,18+,22+/m0/s1. The predicted molar refractivity (Wildman–Crippen MR) is 136 cm³/mol. The highest BCUT2D eigenvalue weighted by Gasteiger charge is 2.34. The molecular weight excluding hydrogens is 488 g/mol. The first kappa shape index (κ1) is 28.3. The SMILES string of the molecule is C[C@H](CO)N1C[C@H](C)[C@@H](CN(C)S(C)(=O)=O)Oc2ccc(NC(=O)CCN3CCOCC3)cc2C1=O. The number of aliphatic hydroxyl groups excluding tert-OH is 1. The number of aliphatic hydroxyl groups is 1. The third-order valence-corrected chi connectivity index (χ3v) is 7.99. The number of benzene rings is 1. The van der Waals surface area contributed by atoms with Gasteiger partial charge in [-0.2, -0.15) is 0 Å². The van der Waals surface area contributed by atoms with Gasteiger partial charge in [0, 0.05) is 51.3 Å². The summed E-state index contributed by atoms with van der Waals surface area (Å²) < 4.78 is 36.8. The number of carbonyl (C=O) groups excluding carboxylic acids is 2. The van der Waals surface area contributed by atoms with Gasteiger partial charge in [-0.1, -0.05) is 6.92 Å². The van der Waals surface area contributed by atoms with Gasteiger partial charge in [-0.25, -0.2) is 12.7 Å². The summed E-state index contributed by atoms with van der Waals surface area (Å²) >= 11 is 0. The highest BCUT2D eigenvalue weighted by molar-refractivity contribution is 7.88. The van der Waals surface area contributed by atoms with Gasteiger partial charge in [-0.05, 0) is 25.1 Å². The molecule has 2 amide bonds. The van der Waals surface area contributed by atoms with Crippen LogP contribution in [0.5, 0.6) is 5.75 Å². The van der Waals surface area contributed by atoms with Crippen molar-refractivity contribution in [3.05, 3.63) is 23.8 Å². The number of carbonyl (C=O) groups is 2. The minimum atomic E-state index is -3.43. The number of fused-ring (bicyclic) bond motifs is 1. The molecule has 11 nitrogen and oxygen atoms in total. The van der Waals surface area contributed by atoms with Crippen LogP contribution in [0.3, 0.4) is 0 Å². The van der Waals surface area contributed by atoms with E-state index >= 15 is 0 Å². The van der Waals surface area contributed by atoms with Crippen LogP contribution in [0.4, 0.5) is 5.69 Å². The summed E-state index contributed by atoms with van der Waals surface area (Å²) in [6.07, 6.45) is 0.915. The van der Waals surface area contributed by atoms with Crippen molar-refractivity contribution in [3.8, 4) is 5.75 Å². The van der Waals surface area contributed by atoms with E-state index in [0.717, 1.165) is 19.3 Å². The number of rotatable bonds is 9. The lowest BCUT2D eigenvalue weighted by Gasteiger charge is -2.38. The molecule has 2 aliphatic rings. The lowest BCUT2D eigenvalue weighted by atomic mass is 9.99. The van der Waals surface area contributed by atoms with E-state index in [9.17, 15) is 23.1 Å². The Hall–Kier alpha value is -2.25. The maximum atomic E-state index is 13.5. The molecule has 3 atom stereocenters. The largest absolute Gasteiger partial charge is 0.488 e. The van der Waals surface area contributed by atoms with Crippen molar-refractivity contribution in [3.63, 3.8) is 0 Å². The Morgan fingerprint density at radius 2 is 2.00 bits per heavy atom. The molecule has 36 heavy (non-hydrogen) atoms. The fraction of sp³-hybridized carbons (Fsp3) is 0.667. The second-order valence-corrected chi connectivity index (χ2v) is 11.7. The Kier molecular flexibility index (Phi) is 9.70. The van der Waals surface area contributed by atoms with Crippen LogP contribution in [-0.2, 0) is 19.6 Å². The maximum Gasteiger partial charge on any atom is 0.258 e. The number of nitrogens with one attached hydrogen (secondary N) is 1. The molecule has 1 aromatic rings. The number of morpholine rings is 1. The molecule has 1 aromatic carbocycles. The number of likely N-dealkylation sites (N-methyl/N-ethyl adjacent to an activating group) is 1. The first-order valence-electron chi connectivity index (χ1n) is 12.2. The second-order valence-electron chi connectivity index (χ2n) is 9.63. The van der Waals surface area contributed by atoms with Gasteiger partial charge in [0.05, 0.1) is 44.2 Å². The lowest BCUT2D eigenvalue weighted by molar-refractivity contribution is -0.116. The molecular formula is C24H38N4O7S. The van der Waals surface area contributed by atoms with Gasteiger partial charge in [0.2, 0.25) is 15.9 Å². The smallest absolute Gasteiger partial charge is 0.258 e. The number of nitrogens with zero attached hydrogens (tertiary/aromatic N) is 3. The van der Waals surface area contributed by atoms with Crippen LogP contribution in [-0.4, -0.2) is 117 Å². The highest BCUT2D eigenvalue weighted by atomic mass is 32.2. The van der Waals surface area contributed by atoms with Crippen LogP contribution in [0.2, 0.25) is 0 Å². The van der Waals surface area contributed by atoms with E-state index in [1.165, 1.54) is 11.4 Å². The Bertz CT molecular complexity index is 1030. The molecule has 202 valence electrons. The number of hydrogen-bond acceptors (Lipinski definition) is 8.